The maximum absolute atomic E-state index is 15.0. The Morgan fingerprint density at radius 1 is 0.610 bits per heavy atom. The first kappa shape index (κ1) is 31.6. The van der Waals surface area contributed by atoms with E-state index in [4.69, 9.17) is 0 Å². The number of hydrogen-bond donors (Lipinski definition) is 0. The molecule has 0 saturated heterocycles. The third-order valence-electron chi connectivity index (χ3n) is 6.17. The highest BCUT2D eigenvalue weighted by Crippen LogP contribution is 2.38. The van der Waals surface area contributed by atoms with Gasteiger partial charge in [0.2, 0.25) is 0 Å². The molecule has 4 rings (SSSR count). The molecule has 9 heteroatoms. The molecule has 0 aliphatic heterocycles. The van der Waals surface area contributed by atoms with Crippen molar-refractivity contribution in [3.05, 3.63) is 113 Å². The lowest BCUT2D eigenvalue weighted by molar-refractivity contribution is -0.189. The van der Waals surface area contributed by atoms with Crippen LogP contribution in [-0.2, 0) is 12.5 Å². The average Bonchev–Trinajstić information content (AvgIpc) is 2.92. The summed E-state index contributed by atoms with van der Waals surface area (Å²) in [5.41, 5.74) is -0.103. The largest absolute Gasteiger partial charge is 0.432 e. The average molecular weight is 581 g/mol. The van der Waals surface area contributed by atoms with Crippen molar-refractivity contribution >= 4 is 0 Å². The number of rotatable bonds is 9. The van der Waals surface area contributed by atoms with E-state index in [9.17, 15) is 35.1 Å². The van der Waals surface area contributed by atoms with Crippen molar-refractivity contribution in [1.82, 2.24) is 0 Å². The first-order valence-electron chi connectivity index (χ1n) is 13.1. The van der Waals surface area contributed by atoms with Gasteiger partial charge in [-0.15, -0.1) is 0 Å². The van der Waals surface area contributed by atoms with Crippen molar-refractivity contribution < 1.29 is 39.9 Å². The third-order valence-corrected chi connectivity index (χ3v) is 6.17. The summed E-state index contributed by atoms with van der Waals surface area (Å²) < 4.78 is 117. The van der Waals surface area contributed by atoms with Gasteiger partial charge in [0.15, 0.2) is 17.5 Å². The van der Waals surface area contributed by atoms with Crippen LogP contribution >= 0.6 is 0 Å². The molecule has 0 amide bonds. The predicted molar refractivity (Wildman–Crippen MR) is 143 cm³/mol. The number of hydrogen-bond acceptors (Lipinski definition) is 1. The fraction of sp³-hybridized carbons (Fsp3) is 0.250. The van der Waals surface area contributed by atoms with Crippen LogP contribution in [0.1, 0.15) is 51.2 Å². The number of halogens is 8. The maximum Gasteiger partial charge on any atom is 0.432 e. The van der Waals surface area contributed by atoms with Crippen LogP contribution in [0.25, 0.3) is 22.3 Å². The fourth-order valence-corrected chi connectivity index (χ4v) is 4.17. The molecule has 0 fully saturated rings. The minimum absolute atomic E-state index is 0.105. The zero-order chi connectivity index (χ0) is 30.3. The van der Waals surface area contributed by atoms with Crippen molar-refractivity contribution in [3.63, 3.8) is 0 Å². The van der Waals surface area contributed by atoms with Gasteiger partial charge < -0.3 is 4.74 Å². The second kappa shape index (κ2) is 13.7. The lowest BCUT2D eigenvalue weighted by atomic mass is 9.97. The first-order valence-corrected chi connectivity index (χ1v) is 13.1. The minimum Gasteiger partial charge on any atom is -0.429 e. The minimum atomic E-state index is -4.74. The van der Waals surface area contributed by atoms with Gasteiger partial charge in [0, 0.05) is 17.7 Å². The number of aryl methyl sites for hydroxylation is 1. The molecule has 1 nitrogen and oxygen atoms in total. The van der Waals surface area contributed by atoms with Gasteiger partial charge in [-0.25, -0.2) is 26.3 Å². The quantitative estimate of drug-likeness (QED) is 0.109. The van der Waals surface area contributed by atoms with Crippen molar-refractivity contribution in [3.8, 4) is 28.0 Å². The number of unbranched alkanes of at least 4 members (excludes halogenated alkanes) is 2. The van der Waals surface area contributed by atoms with Gasteiger partial charge in [-0.2, -0.15) is 8.78 Å². The van der Waals surface area contributed by atoms with E-state index < -0.39 is 52.3 Å². The van der Waals surface area contributed by atoms with E-state index in [1.165, 1.54) is 18.2 Å². The molecule has 0 saturated carbocycles. The fourth-order valence-electron chi connectivity index (χ4n) is 4.17. The van der Waals surface area contributed by atoms with E-state index in [1.54, 1.807) is 0 Å². The molecule has 4 aromatic rings. The zero-order valence-electron chi connectivity index (χ0n) is 22.6. The molecule has 0 aromatic heterocycles. The predicted octanol–water partition coefficient (Wildman–Crippen LogP) is 10.7. The van der Waals surface area contributed by atoms with Crippen LogP contribution < -0.4 is 4.74 Å². The van der Waals surface area contributed by atoms with E-state index in [0.717, 1.165) is 36.8 Å². The monoisotopic (exact) mass is 580 g/mol. The highest BCUT2D eigenvalue weighted by Gasteiger charge is 2.41. The summed E-state index contributed by atoms with van der Waals surface area (Å²) >= 11 is 0. The van der Waals surface area contributed by atoms with Gasteiger partial charge in [0.25, 0.3) is 0 Å². The lowest BCUT2D eigenvalue weighted by Gasteiger charge is -2.20. The van der Waals surface area contributed by atoms with Crippen molar-refractivity contribution in [2.75, 3.05) is 0 Å². The molecule has 0 unspecified atom stereocenters. The number of benzene rings is 4. The first-order chi connectivity index (χ1) is 19.5. The summed E-state index contributed by atoms with van der Waals surface area (Å²) in [4.78, 5) is 0. The molecule has 0 spiro atoms. The van der Waals surface area contributed by atoms with Crippen molar-refractivity contribution in [2.45, 2.75) is 52.6 Å². The van der Waals surface area contributed by atoms with Crippen LogP contribution in [0.15, 0.2) is 66.7 Å². The molecule has 0 radical (unpaired) electrons. The maximum atomic E-state index is 15.0. The van der Waals surface area contributed by atoms with Crippen LogP contribution in [0.3, 0.4) is 0 Å². The van der Waals surface area contributed by atoms with Gasteiger partial charge in [-0.1, -0.05) is 70.0 Å². The summed E-state index contributed by atoms with van der Waals surface area (Å²) in [7, 11) is 0. The van der Waals surface area contributed by atoms with Gasteiger partial charge in [-0.05, 0) is 53.3 Å². The summed E-state index contributed by atoms with van der Waals surface area (Å²) in [5.74, 6) is -11.2. The van der Waals surface area contributed by atoms with Crippen LogP contribution in [0.5, 0.6) is 5.75 Å². The summed E-state index contributed by atoms with van der Waals surface area (Å²) in [6, 6.07) is 12.7. The normalized spacial score (nSPS) is 11.2. The Balaban J connectivity index is 0.00000226. The van der Waals surface area contributed by atoms with E-state index in [0.29, 0.717) is 17.7 Å². The summed E-state index contributed by atoms with van der Waals surface area (Å²) in [5, 5.41) is 0. The number of ether oxygens (including phenoxy) is 1. The SMILES string of the molecule is CC.CCCCCc1ccc(-c2ccc(-c3cc(F)c(C(F)(F)Oc4cc(F)c(F)c(F)c4)c(F)c3)c(F)c2)cc1. The van der Waals surface area contributed by atoms with E-state index in [1.807, 2.05) is 38.1 Å². The topological polar surface area (TPSA) is 9.23 Å². The Labute approximate surface area is 233 Å². The molecule has 0 aliphatic carbocycles. The van der Waals surface area contributed by atoms with Crippen molar-refractivity contribution in [1.29, 1.82) is 0 Å². The third kappa shape index (κ3) is 7.45. The molecule has 0 N–H and O–H groups in total. The molecule has 0 atom stereocenters. The van der Waals surface area contributed by atoms with Crippen LogP contribution in [-0.4, -0.2) is 0 Å². The van der Waals surface area contributed by atoms with Gasteiger partial charge in [0.1, 0.15) is 28.8 Å². The molecule has 0 aliphatic rings. The Kier molecular flexibility index (Phi) is 10.5. The van der Waals surface area contributed by atoms with Crippen LogP contribution in [0.2, 0.25) is 0 Å². The molecular weight excluding hydrogens is 552 g/mol. The molecule has 0 heterocycles. The van der Waals surface area contributed by atoms with Crippen LogP contribution in [0.4, 0.5) is 35.1 Å². The van der Waals surface area contributed by atoms with Crippen LogP contribution in [0, 0.1) is 34.9 Å². The van der Waals surface area contributed by atoms with Gasteiger partial charge in [-0.3, -0.25) is 0 Å². The number of alkyl halides is 2. The Morgan fingerprint density at radius 3 is 1.68 bits per heavy atom. The smallest absolute Gasteiger partial charge is 0.429 e. The lowest BCUT2D eigenvalue weighted by Crippen LogP contribution is -2.25. The molecule has 41 heavy (non-hydrogen) atoms. The Bertz CT molecular complexity index is 1440. The van der Waals surface area contributed by atoms with E-state index in [2.05, 4.69) is 11.7 Å². The molecular formula is C32H28F8O. The van der Waals surface area contributed by atoms with E-state index in [-0.39, 0.29) is 23.3 Å². The zero-order valence-corrected chi connectivity index (χ0v) is 22.6. The second-order valence-corrected chi connectivity index (χ2v) is 8.98. The second-order valence-electron chi connectivity index (χ2n) is 8.98. The van der Waals surface area contributed by atoms with E-state index >= 15 is 0 Å². The Hall–Kier alpha value is -3.88. The molecule has 0 bridgehead atoms. The van der Waals surface area contributed by atoms with Gasteiger partial charge >= 0.3 is 6.11 Å². The van der Waals surface area contributed by atoms with Crippen molar-refractivity contribution in [2.24, 2.45) is 0 Å². The molecule has 4 aromatic carbocycles. The summed E-state index contributed by atoms with van der Waals surface area (Å²) in [6.45, 7) is 6.12. The summed E-state index contributed by atoms with van der Waals surface area (Å²) in [6.07, 6.45) is -0.526. The molecule has 218 valence electrons. The standard InChI is InChI=1S/C30H22F8O.C2H6/c1-2-3-4-5-17-6-8-18(9-7-17)19-10-11-22(23(31)12-19)20-13-24(32)28(25(33)14-20)30(37,38)39-21-15-26(34)29(36)27(35)16-21;1-2/h6-16H,2-5H2,1H3;1-2H3. The Morgan fingerprint density at radius 2 is 1.15 bits per heavy atom. The highest BCUT2D eigenvalue weighted by molar-refractivity contribution is 5.71. The van der Waals surface area contributed by atoms with Gasteiger partial charge in [0.05, 0.1) is 0 Å². The highest BCUT2D eigenvalue weighted by atomic mass is 19.3.